The molecule has 1 N–H and O–H groups in total. The summed E-state index contributed by atoms with van der Waals surface area (Å²) in [6.07, 6.45) is 0.576. The number of benzene rings is 3. The van der Waals surface area contributed by atoms with Crippen molar-refractivity contribution < 1.29 is 13.9 Å². The maximum atomic E-state index is 15.1. The number of aromatic amines is 1. The van der Waals surface area contributed by atoms with Crippen LogP contribution in [0.5, 0.6) is 11.5 Å². The van der Waals surface area contributed by atoms with Crippen LogP contribution < -0.4 is 15.0 Å². The molecule has 0 aliphatic heterocycles. The highest BCUT2D eigenvalue weighted by molar-refractivity contribution is 5.82. The summed E-state index contributed by atoms with van der Waals surface area (Å²) in [5.41, 5.74) is 2.98. The second kappa shape index (κ2) is 12.3. The van der Waals surface area contributed by atoms with Gasteiger partial charge in [-0.25, -0.2) is 9.07 Å². The van der Waals surface area contributed by atoms with Crippen LogP contribution in [0.4, 0.5) is 4.39 Å². The number of hydrogen-bond donors (Lipinski definition) is 1. The van der Waals surface area contributed by atoms with Gasteiger partial charge in [-0.15, -0.1) is 5.10 Å². The third-order valence-corrected chi connectivity index (χ3v) is 7.62. The lowest BCUT2D eigenvalue weighted by molar-refractivity contribution is 0.192. The van der Waals surface area contributed by atoms with E-state index in [4.69, 9.17) is 9.47 Å². The molecule has 0 aliphatic carbocycles. The van der Waals surface area contributed by atoms with E-state index in [1.807, 2.05) is 76.2 Å². The van der Waals surface area contributed by atoms with Gasteiger partial charge in [-0.05, 0) is 85.3 Å². The molecule has 0 bridgehead atoms. The molecule has 1 atom stereocenters. The number of halogens is 1. The van der Waals surface area contributed by atoms with Crippen molar-refractivity contribution >= 4 is 10.9 Å². The molecule has 5 rings (SSSR count). The molecule has 2 aromatic heterocycles. The van der Waals surface area contributed by atoms with E-state index in [1.165, 1.54) is 6.07 Å². The Morgan fingerprint density at radius 3 is 2.49 bits per heavy atom. The molecule has 0 aliphatic rings. The van der Waals surface area contributed by atoms with Crippen molar-refractivity contribution in [1.29, 1.82) is 0 Å². The molecule has 0 saturated heterocycles. The summed E-state index contributed by atoms with van der Waals surface area (Å²) in [6.45, 7) is 8.64. The molecule has 10 heteroatoms. The molecule has 5 aromatic rings. The minimum absolute atomic E-state index is 0.215. The molecule has 0 amide bonds. The first-order valence-electron chi connectivity index (χ1n) is 14.2. The average Bonchev–Trinajstić information content (AvgIpc) is 3.48. The Morgan fingerprint density at radius 1 is 1.00 bits per heavy atom. The summed E-state index contributed by atoms with van der Waals surface area (Å²) < 4.78 is 27.8. The van der Waals surface area contributed by atoms with Crippen molar-refractivity contribution in [2.24, 2.45) is 0 Å². The van der Waals surface area contributed by atoms with E-state index in [9.17, 15) is 4.79 Å². The number of para-hydroxylation sites is 1. The number of pyridine rings is 1. The normalized spacial score (nSPS) is 12.6. The molecular formula is C33H37FN6O3. The molecule has 9 nitrogen and oxygen atoms in total. The van der Waals surface area contributed by atoms with Crippen LogP contribution in [0.15, 0.2) is 71.5 Å². The number of ether oxygens (including phenoxy) is 2. The van der Waals surface area contributed by atoms with Gasteiger partial charge < -0.3 is 14.5 Å². The van der Waals surface area contributed by atoms with E-state index >= 15 is 4.39 Å². The van der Waals surface area contributed by atoms with Gasteiger partial charge in [0.25, 0.3) is 5.56 Å². The summed E-state index contributed by atoms with van der Waals surface area (Å²) in [5.74, 6) is 1.43. The molecule has 3 aromatic carbocycles. The van der Waals surface area contributed by atoms with Crippen LogP contribution in [0.2, 0.25) is 0 Å². The lowest BCUT2D eigenvalue weighted by Crippen LogP contribution is -2.38. The number of hydrogen-bond acceptors (Lipinski definition) is 7. The highest BCUT2D eigenvalue weighted by atomic mass is 19.1. The van der Waals surface area contributed by atoms with Gasteiger partial charge in [0.1, 0.15) is 11.9 Å². The van der Waals surface area contributed by atoms with E-state index in [0.29, 0.717) is 41.4 Å². The Balaban J connectivity index is 1.68. The monoisotopic (exact) mass is 584 g/mol. The maximum absolute atomic E-state index is 15.1. The summed E-state index contributed by atoms with van der Waals surface area (Å²) in [6, 6.07) is 19.6. The summed E-state index contributed by atoms with van der Waals surface area (Å²) in [5, 5.41) is 13.7. The van der Waals surface area contributed by atoms with Crippen molar-refractivity contribution in [3.05, 3.63) is 111 Å². The first-order chi connectivity index (χ1) is 20.6. The molecule has 43 heavy (non-hydrogen) atoms. The van der Waals surface area contributed by atoms with E-state index in [2.05, 4.69) is 25.4 Å². The topological polar surface area (TPSA) is 98.2 Å². The zero-order valence-electron chi connectivity index (χ0n) is 25.4. The Kier molecular flexibility index (Phi) is 8.59. The zero-order valence-corrected chi connectivity index (χ0v) is 25.4. The molecule has 0 saturated carbocycles. The predicted molar refractivity (Wildman–Crippen MR) is 164 cm³/mol. The highest BCUT2D eigenvalue weighted by Crippen LogP contribution is 2.33. The Morgan fingerprint density at radius 2 is 1.77 bits per heavy atom. The molecule has 0 fully saturated rings. The minimum atomic E-state index is -0.692. The second-order valence-corrected chi connectivity index (χ2v) is 11.6. The Labute approximate surface area is 250 Å². The Bertz CT molecular complexity index is 1790. The fourth-order valence-corrected chi connectivity index (χ4v) is 5.40. The fraction of sp³-hybridized carbons (Fsp3) is 0.333. The molecule has 0 spiro atoms. The number of nitrogens with one attached hydrogen (secondary N) is 1. The quantitative estimate of drug-likeness (QED) is 0.229. The fourth-order valence-electron chi connectivity index (χ4n) is 5.40. The van der Waals surface area contributed by atoms with Gasteiger partial charge in [-0.1, -0.05) is 42.5 Å². The van der Waals surface area contributed by atoms with Crippen molar-refractivity contribution in [2.75, 3.05) is 20.8 Å². The largest absolute Gasteiger partial charge is 0.493 e. The number of methoxy groups -OCH3 is 2. The van der Waals surface area contributed by atoms with Gasteiger partial charge in [-0.3, -0.25) is 9.69 Å². The third kappa shape index (κ3) is 6.29. The van der Waals surface area contributed by atoms with E-state index in [0.717, 1.165) is 22.0 Å². The Hall–Kier alpha value is -4.57. The predicted octanol–water partition coefficient (Wildman–Crippen LogP) is 5.57. The first-order valence-corrected chi connectivity index (χ1v) is 14.2. The van der Waals surface area contributed by atoms with Crippen LogP contribution in [0, 0.1) is 12.7 Å². The smallest absolute Gasteiger partial charge is 0.253 e. The SMILES string of the molecule is COc1ccc(CCN(Cc2ccccc2F)[C@H](c2cc3cccc(C)c3[nH]c2=O)c2nnnn2C(C)(C)C)cc1OC. The van der Waals surface area contributed by atoms with Crippen molar-refractivity contribution in [1.82, 2.24) is 30.1 Å². The lowest BCUT2D eigenvalue weighted by Gasteiger charge is -2.33. The van der Waals surface area contributed by atoms with Crippen LogP contribution in [0.3, 0.4) is 0 Å². The number of nitrogens with zero attached hydrogens (tertiary/aromatic N) is 5. The molecule has 224 valence electrons. The van der Waals surface area contributed by atoms with E-state index < -0.39 is 11.6 Å². The average molecular weight is 585 g/mol. The lowest BCUT2D eigenvalue weighted by atomic mass is 9.99. The van der Waals surface area contributed by atoms with E-state index in [-0.39, 0.29) is 17.9 Å². The number of fused-ring (bicyclic) bond motifs is 1. The van der Waals surface area contributed by atoms with Gasteiger partial charge in [0, 0.05) is 24.2 Å². The highest BCUT2D eigenvalue weighted by Gasteiger charge is 2.34. The summed E-state index contributed by atoms with van der Waals surface area (Å²) in [7, 11) is 3.20. The molecule has 2 heterocycles. The minimum Gasteiger partial charge on any atom is -0.493 e. The van der Waals surface area contributed by atoms with Crippen LogP contribution in [0.25, 0.3) is 10.9 Å². The molecular weight excluding hydrogens is 547 g/mol. The van der Waals surface area contributed by atoms with Crippen LogP contribution in [-0.2, 0) is 18.5 Å². The van der Waals surface area contributed by atoms with Crippen LogP contribution in [0.1, 0.15) is 54.9 Å². The molecule has 0 unspecified atom stereocenters. The number of tetrazole rings is 1. The number of rotatable bonds is 10. The summed E-state index contributed by atoms with van der Waals surface area (Å²) >= 11 is 0. The van der Waals surface area contributed by atoms with E-state index in [1.54, 1.807) is 31.0 Å². The van der Waals surface area contributed by atoms with Gasteiger partial charge in [0.05, 0.1) is 25.3 Å². The number of aromatic nitrogens is 5. The zero-order chi connectivity index (χ0) is 30.7. The van der Waals surface area contributed by atoms with Gasteiger partial charge in [0.15, 0.2) is 17.3 Å². The maximum Gasteiger partial charge on any atom is 0.253 e. The van der Waals surface area contributed by atoms with Gasteiger partial charge >= 0.3 is 0 Å². The van der Waals surface area contributed by atoms with Crippen molar-refractivity contribution in [3.63, 3.8) is 0 Å². The molecule has 0 radical (unpaired) electrons. The first kappa shape index (κ1) is 29.9. The second-order valence-electron chi connectivity index (χ2n) is 11.6. The number of H-pyrrole nitrogens is 1. The van der Waals surface area contributed by atoms with Gasteiger partial charge in [-0.2, -0.15) is 0 Å². The van der Waals surface area contributed by atoms with Crippen LogP contribution >= 0.6 is 0 Å². The van der Waals surface area contributed by atoms with Crippen LogP contribution in [-0.4, -0.2) is 50.9 Å². The van der Waals surface area contributed by atoms with Gasteiger partial charge in [0.2, 0.25) is 0 Å². The van der Waals surface area contributed by atoms with Crippen molar-refractivity contribution in [3.8, 4) is 11.5 Å². The summed E-state index contributed by atoms with van der Waals surface area (Å²) in [4.78, 5) is 19.0. The standard InChI is InChI=1S/C33H37FN6O3/c1-21-10-9-12-23-19-25(32(41)35-29(21)23)30(31-36-37-38-40(31)33(2,3)4)39(20-24-11-7-8-13-26(24)34)17-16-22-14-15-27(42-5)28(18-22)43-6/h7-15,18-19,30H,16-17,20H2,1-6H3,(H,35,41)/t30-/m1/s1. The van der Waals surface area contributed by atoms with Crippen molar-refractivity contribution in [2.45, 2.75) is 52.2 Å². The third-order valence-electron chi connectivity index (χ3n) is 7.62. The number of aryl methyl sites for hydroxylation is 1.